The topological polar surface area (TPSA) is 32.8 Å². The molecule has 138 valence electrons. The van der Waals surface area contributed by atoms with Crippen LogP contribution in [-0.4, -0.2) is 66.5 Å². The molecule has 2 saturated heterocycles. The molecule has 0 aromatic heterocycles. The standard InChI is InChI=1S/C19H27ClN2O2S/c1-24-18-7-6-15(20)12-17(18)19(23)22-10-5-11-25-14-16(22)13-21-8-3-2-4-9-21/h6-7,12,16H,2-5,8-11,13-14H2,1H3. The number of carbonyl (C=O) groups excluding carboxylic acids is 1. The summed E-state index contributed by atoms with van der Waals surface area (Å²) in [5.74, 6) is 2.77. The van der Waals surface area contributed by atoms with E-state index in [9.17, 15) is 4.79 Å². The molecule has 2 aliphatic heterocycles. The van der Waals surface area contributed by atoms with E-state index in [0.29, 0.717) is 16.3 Å². The van der Waals surface area contributed by atoms with E-state index in [0.717, 1.165) is 44.1 Å². The summed E-state index contributed by atoms with van der Waals surface area (Å²) in [6.07, 6.45) is 4.92. The fraction of sp³-hybridized carbons (Fsp3) is 0.632. The summed E-state index contributed by atoms with van der Waals surface area (Å²) in [6, 6.07) is 5.53. The number of halogens is 1. The maximum atomic E-state index is 13.3. The first-order valence-electron chi connectivity index (χ1n) is 9.13. The van der Waals surface area contributed by atoms with Gasteiger partial charge in [-0.15, -0.1) is 0 Å². The zero-order valence-electron chi connectivity index (χ0n) is 14.9. The van der Waals surface area contributed by atoms with Gasteiger partial charge in [-0.2, -0.15) is 11.8 Å². The van der Waals surface area contributed by atoms with Gasteiger partial charge in [-0.1, -0.05) is 18.0 Å². The molecule has 1 aromatic carbocycles. The molecule has 0 N–H and O–H groups in total. The zero-order chi connectivity index (χ0) is 17.6. The van der Waals surface area contributed by atoms with E-state index in [1.165, 1.54) is 19.3 Å². The molecule has 25 heavy (non-hydrogen) atoms. The molecule has 2 heterocycles. The van der Waals surface area contributed by atoms with Crippen molar-refractivity contribution in [3.05, 3.63) is 28.8 Å². The summed E-state index contributed by atoms with van der Waals surface area (Å²) in [7, 11) is 1.60. The van der Waals surface area contributed by atoms with Crippen molar-refractivity contribution in [3.8, 4) is 5.75 Å². The van der Waals surface area contributed by atoms with E-state index in [4.69, 9.17) is 16.3 Å². The van der Waals surface area contributed by atoms with Gasteiger partial charge in [0.25, 0.3) is 5.91 Å². The summed E-state index contributed by atoms with van der Waals surface area (Å²) in [5, 5.41) is 0.570. The Hall–Kier alpha value is -0.910. The van der Waals surface area contributed by atoms with Crippen LogP contribution in [0, 0.1) is 0 Å². The molecular formula is C19H27ClN2O2S. The van der Waals surface area contributed by atoms with E-state index in [-0.39, 0.29) is 11.9 Å². The Labute approximate surface area is 159 Å². The largest absolute Gasteiger partial charge is 0.496 e. The Morgan fingerprint density at radius 3 is 2.80 bits per heavy atom. The Bertz CT molecular complexity index is 593. The van der Waals surface area contributed by atoms with Crippen LogP contribution in [-0.2, 0) is 0 Å². The van der Waals surface area contributed by atoms with Crippen molar-refractivity contribution in [2.24, 2.45) is 0 Å². The molecule has 0 saturated carbocycles. The number of thioether (sulfide) groups is 1. The van der Waals surface area contributed by atoms with Crippen LogP contribution in [0.3, 0.4) is 0 Å². The zero-order valence-corrected chi connectivity index (χ0v) is 16.5. The Balaban J connectivity index is 1.80. The molecule has 3 rings (SSSR count). The number of hydrogen-bond acceptors (Lipinski definition) is 4. The number of rotatable bonds is 4. The monoisotopic (exact) mass is 382 g/mol. The number of carbonyl (C=O) groups is 1. The Morgan fingerprint density at radius 2 is 2.04 bits per heavy atom. The molecule has 0 aliphatic carbocycles. The van der Waals surface area contributed by atoms with Crippen LogP contribution in [0.4, 0.5) is 0 Å². The first kappa shape index (κ1) is 18.9. The fourth-order valence-electron chi connectivity index (χ4n) is 3.69. The van der Waals surface area contributed by atoms with Crippen LogP contribution < -0.4 is 4.74 Å². The second kappa shape index (κ2) is 9.15. The van der Waals surface area contributed by atoms with E-state index in [1.807, 2.05) is 11.8 Å². The maximum absolute atomic E-state index is 13.3. The molecule has 1 amide bonds. The number of ether oxygens (including phenoxy) is 1. The minimum atomic E-state index is 0.0452. The lowest BCUT2D eigenvalue weighted by Crippen LogP contribution is -2.49. The van der Waals surface area contributed by atoms with Crippen molar-refractivity contribution < 1.29 is 9.53 Å². The van der Waals surface area contributed by atoms with Crippen LogP contribution in [0.1, 0.15) is 36.0 Å². The molecule has 1 atom stereocenters. The molecular weight excluding hydrogens is 356 g/mol. The van der Waals surface area contributed by atoms with Crippen LogP contribution in [0.5, 0.6) is 5.75 Å². The predicted molar refractivity (Wildman–Crippen MR) is 105 cm³/mol. The second-order valence-electron chi connectivity index (χ2n) is 6.79. The molecule has 1 aromatic rings. The third-order valence-electron chi connectivity index (χ3n) is 5.01. The minimum Gasteiger partial charge on any atom is -0.496 e. The smallest absolute Gasteiger partial charge is 0.257 e. The highest BCUT2D eigenvalue weighted by Crippen LogP contribution is 2.27. The van der Waals surface area contributed by atoms with E-state index < -0.39 is 0 Å². The maximum Gasteiger partial charge on any atom is 0.257 e. The van der Waals surface area contributed by atoms with Crippen molar-refractivity contribution >= 4 is 29.3 Å². The predicted octanol–water partition coefficient (Wildman–Crippen LogP) is 3.78. The molecule has 0 radical (unpaired) electrons. The number of nitrogens with zero attached hydrogens (tertiary/aromatic N) is 2. The minimum absolute atomic E-state index is 0.0452. The summed E-state index contributed by atoms with van der Waals surface area (Å²) in [5.41, 5.74) is 0.575. The Kier molecular flexibility index (Phi) is 6.91. The van der Waals surface area contributed by atoms with Gasteiger partial charge in [0, 0.05) is 23.9 Å². The van der Waals surface area contributed by atoms with Gasteiger partial charge in [-0.25, -0.2) is 0 Å². The van der Waals surface area contributed by atoms with E-state index in [1.54, 1.807) is 25.3 Å². The van der Waals surface area contributed by atoms with Crippen molar-refractivity contribution in [1.82, 2.24) is 9.80 Å². The summed E-state index contributed by atoms with van der Waals surface area (Å²) >= 11 is 8.11. The van der Waals surface area contributed by atoms with Gasteiger partial charge >= 0.3 is 0 Å². The van der Waals surface area contributed by atoms with Crippen LogP contribution >= 0.6 is 23.4 Å². The average molecular weight is 383 g/mol. The second-order valence-corrected chi connectivity index (χ2v) is 8.37. The molecule has 0 spiro atoms. The molecule has 2 fully saturated rings. The van der Waals surface area contributed by atoms with Crippen molar-refractivity contribution in [2.75, 3.05) is 44.8 Å². The number of amides is 1. The summed E-state index contributed by atoms with van der Waals surface area (Å²) in [4.78, 5) is 17.9. The number of methoxy groups -OCH3 is 1. The van der Waals surface area contributed by atoms with Gasteiger partial charge in [-0.05, 0) is 56.3 Å². The third-order valence-corrected chi connectivity index (χ3v) is 6.44. The highest BCUT2D eigenvalue weighted by Gasteiger charge is 2.30. The SMILES string of the molecule is COc1ccc(Cl)cc1C(=O)N1CCCSCC1CN1CCCCC1. The summed E-state index contributed by atoms with van der Waals surface area (Å²) < 4.78 is 5.41. The Morgan fingerprint density at radius 1 is 1.24 bits per heavy atom. The van der Waals surface area contributed by atoms with Crippen molar-refractivity contribution in [2.45, 2.75) is 31.7 Å². The van der Waals surface area contributed by atoms with Crippen LogP contribution in [0.15, 0.2) is 18.2 Å². The van der Waals surface area contributed by atoms with Gasteiger partial charge in [0.2, 0.25) is 0 Å². The van der Waals surface area contributed by atoms with Gasteiger partial charge in [-0.3, -0.25) is 4.79 Å². The van der Waals surface area contributed by atoms with E-state index >= 15 is 0 Å². The van der Waals surface area contributed by atoms with Gasteiger partial charge in [0.1, 0.15) is 5.75 Å². The van der Waals surface area contributed by atoms with Crippen LogP contribution in [0.25, 0.3) is 0 Å². The fourth-order valence-corrected chi connectivity index (χ4v) is 4.92. The number of hydrogen-bond donors (Lipinski definition) is 0. The number of piperidine rings is 1. The normalized spacial score (nSPS) is 22.5. The van der Waals surface area contributed by atoms with Gasteiger partial charge < -0.3 is 14.5 Å². The average Bonchev–Trinajstić information content (AvgIpc) is 2.87. The lowest BCUT2D eigenvalue weighted by Gasteiger charge is -2.36. The lowest BCUT2D eigenvalue weighted by molar-refractivity contribution is 0.0642. The molecule has 6 heteroatoms. The van der Waals surface area contributed by atoms with Gasteiger partial charge in [0.05, 0.1) is 18.7 Å². The van der Waals surface area contributed by atoms with Gasteiger partial charge in [0.15, 0.2) is 0 Å². The molecule has 1 unspecified atom stereocenters. The first-order chi connectivity index (χ1) is 12.2. The molecule has 0 bridgehead atoms. The number of benzene rings is 1. The molecule has 4 nitrogen and oxygen atoms in total. The first-order valence-corrected chi connectivity index (χ1v) is 10.7. The number of likely N-dealkylation sites (tertiary alicyclic amines) is 1. The molecule has 2 aliphatic rings. The highest BCUT2D eigenvalue weighted by molar-refractivity contribution is 7.99. The highest BCUT2D eigenvalue weighted by atomic mass is 35.5. The summed E-state index contributed by atoms with van der Waals surface area (Å²) in [6.45, 7) is 4.09. The third kappa shape index (κ3) is 4.83. The van der Waals surface area contributed by atoms with Crippen LogP contribution in [0.2, 0.25) is 5.02 Å². The lowest BCUT2D eigenvalue weighted by atomic mass is 10.1. The van der Waals surface area contributed by atoms with Crippen molar-refractivity contribution in [1.29, 1.82) is 0 Å². The quantitative estimate of drug-likeness (QED) is 0.793. The van der Waals surface area contributed by atoms with Crippen molar-refractivity contribution in [3.63, 3.8) is 0 Å². The van der Waals surface area contributed by atoms with E-state index in [2.05, 4.69) is 9.80 Å².